The molecule has 1 aromatic carbocycles. The van der Waals surface area contributed by atoms with Crippen molar-refractivity contribution in [3.8, 4) is 5.75 Å². The first-order chi connectivity index (χ1) is 9.47. The van der Waals surface area contributed by atoms with E-state index in [4.69, 9.17) is 4.74 Å². The lowest BCUT2D eigenvalue weighted by molar-refractivity contribution is 0.268. The van der Waals surface area contributed by atoms with Crippen LogP contribution in [0.5, 0.6) is 5.75 Å². The molecule has 0 saturated carbocycles. The first-order valence-electron chi connectivity index (χ1n) is 7.23. The average Bonchev–Trinajstić information content (AvgIpc) is 2.42. The third kappa shape index (κ3) is 4.76. The summed E-state index contributed by atoms with van der Waals surface area (Å²) in [5, 5.41) is 3.36. The fraction of sp³-hybridized carbons (Fsp3) is 0.625. The second kappa shape index (κ2) is 8.22. The summed E-state index contributed by atoms with van der Waals surface area (Å²) in [6.45, 7) is 8.22. The lowest BCUT2D eigenvalue weighted by Crippen LogP contribution is -2.30. The van der Waals surface area contributed by atoms with Crippen molar-refractivity contribution in [1.82, 2.24) is 10.2 Å². The Labute approximate surface area is 122 Å². The number of nitrogens with zero attached hydrogens (tertiary/aromatic N) is 1. The van der Waals surface area contributed by atoms with Gasteiger partial charge in [-0.05, 0) is 59.5 Å². The van der Waals surface area contributed by atoms with E-state index >= 15 is 0 Å². The van der Waals surface area contributed by atoms with E-state index in [0.717, 1.165) is 19.5 Å². The zero-order valence-electron chi connectivity index (χ0n) is 13.2. The molecule has 114 valence electrons. The molecular weight excluding hydrogens is 255 g/mol. The normalized spacial score (nSPS) is 13.0. The fourth-order valence-electron chi connectivity index (χ4n) is 2.12. The van der Waals surface area contributed by atoms with Crippen LogP contribution < -0.4 is 10.1 Å². The lowest BCUT2D eigenvalue weighted by atomic mass is 10.1. The van der Waals surface area contributed by atoms with Gasteiger partial charge in [-0.25, -0.2) is 4.39 Å². The molecule has 1 aromatic rings. The molecular formula is C16H27FN2O. The van der Waals surface area contributed by atoms with E-state index in [1.807, 2.05) is 6.92 Å². The highest BCUT2D eigenvalue weighted by Gasteiger charge is 2.15. The highest BCUT2D eigenvalue weighted by atomic mass is 19.1. The molecule has 0 spiro atoms. The molecule has 0 heterocycles. The predicted molar refractivity (Wildman–Crippen MR) is 81.8 cm³/mol. The standard InChI is InChI=1S/C16H27FN2O/c1-12(2)19(4)11-7-10-18-13(3)16-14(17)8-6-9-15(16)20-5/h6,8-9,12-13,18H,7,10-11H2,1-5H3. The summed E-state index contributed by atoms with van der Waals surface area (Å²) in [4.78, 5) is 2.30. The number of rotatable bonds is 8. The van der Waals surface area contributed by atoms with Crippen molar-refractivity contribution in [2.45, 2.75) is 39.3 Å². The third-order valence-corrected chi connectivity index (χ3v) is 3.69. The van der Waals surface area contributed by atoms with Crippen LogP contribution in [0.2, 0.25) is 0 Å². The van der Waals surface area contributed by atoms with Crippen LogP contribution >= 0.6 is 0 Å². The second-order valence-electron chi connectivity index (χ2n) is 5.46. The fourth-order valence-corrected chi connectivity index (χ4v) is 2.12. The molecule has 0 aliphatic heterocycles. The van der Waals surface area contributed by atoms with Gasteiger partial charge in [0.25, 0.3) is 0 Å². The number of hydrogen-bond donors (Lipinski definition) is 1. The van der Waals surface area contributed by atoms with E-state index in [-0.39, 0.29) is 11.9 Å². The van der Waals surface area contributed by atoms with Crippen molar-refractivity contribution >= 4 is 0 Å². The van der Waals surface area contributed by atoms with Gasteiger partial charge in [-0.15, -0.1) is 0 Å². The Kier molecular flexibility index (Phi) is 6.96. The summed E-state index contributed by atoms with van der Waals surface area (Å²) in [5.74, 6) is 0.382. The number of methoxy groups -OCH3 is 1. The molecule has 1 unspecified atom stereocenters. The van der Waals surface area contributed by atoms with E-state index in [0.29, 0.717) is 17.4 Å². The number of ether oxygens (including phenoxy) is 1. The van der Waals surface area contributed by atoms with Gasteiger partial charge in [0.15, 0.2) is 0 Å². The first kappa shape index (κ1) is 16.9. The van der Waals surface area contributed by atoms with Crippen LogP contribution in [0.1, 0.15) is 38.8 Å². The SMILES string of the molecule is COc1cccc(F)c1C(C)NCCCN(C)C(C)C. The molecule has 1 N–H and O–H groups in total. The van der Waals surface area contributed by atoms with Gasteiger partial charge in [0.05, 0.1) is 7.11 Å². The van der Waals surface area contributed by atoms with Gasteiger partial charge in [0.2, 0.25) is 0 Å². The summed E-state index contributed by atoms with van der Waals surface area (Å²) in [7, 11) is 3.69. The summed E-state index contributed by atoms with van der Waals surface area (Å²) in [6.07, 6.45) is 1.04. The van der Waals surface area contributed by atoms with Crippen LogP contribution in [0.4, 0.5) is 4.39 Å². The minimum Gasteiger partial charge on any atom is -0.496 e. The monoisotopic (exact) mass is 282 g/mol. The number of hydrogen-bond acceptors (Lipinski definition) is 3. The van der Waals surface area contributed by atoms with Crippen molar-refractivity contribution in [3.05, 3.63) is 29.6 Å². The Balaban J connectivity index is 2.49. The van der Waals surface area contributed by atoms with Crippen LogP contribution in [0, 0.1) is 5.82 Å². The van der Waals surface area contributed by atoms with E-state index in [2.05, 4.69) is 31.1 Å². The molecule has 0 radical (unpaired) electrons. The van der Waals surface area contributed by atoms with E-state index in [9.17, 15) is 4.39 Å². The van der Waals surface area contributed by atoms with Crippen molar-refractivity contribution in [2.75, 3.05) is 27.2 Å². The van der Waals surface area contributed by atoms with E-state index in [1.54, 1.807) is 19.2 Å². The van der Waals surface area contributed by atoms with Crippen LogP contribution in [0.25, 0.3) is 0 Å². The maximum Gasteiger partial charge on any atom is 0.131 e. The van der Waals surface area contributed by atoms with Crippen molar-refractivity contribution in [1.29, 1.82) is 0 Å². The van der Waals surface area contributed by atoms with Crippen molar-refractivity contribution in [2.24, 2.45) is 0 Å². The number of halogens is 1. The van der Waals surface area contributed by atoms with Gasteiger partial charge in [-0.3, -0.25) is 0 Å². The predicted octanol–water partition coefficient (Wildman–Crippen LogP) is 3.22. The van der Waals surface area contributed by atoms with E-state index < -0.39 is 0 Å². The summed E-state index contributed by atoms with van der Waals surface area (Å²) < 4.78 is 19.1. The lowest BCUT2D eigenvalue weighted by Gasteiger charge is -2.22. The van der Waals surface area contributed by atoms with Crippen LogP contribution in [-0.4, -0.2) is 38.2 Å². The second-order valence-corrected chi connectivity index (χ2v) is 5.46. The van der Waals surface area contributed by atoms with Gasteiger partial charge in [-0.2, -0.15) is 0 Å². The molecule has 1 atom stereocenters. The van der Waals surface area contributed by atoms with Gasteiger partial charge >= 0.3 is 0 Å². The minimum atomic E-state index is -0.219. The Morgan fingerprint density at radius 1 is 1.30 bits per heavy atom. The van der Waals surface area contributed by atoms with Crippen LogP contribution in [-0.2, 0) is 0 Å². The van der Waals surface area contributed by atoms with Crippen molar-refractivity contribution in [3.63, 3.8) is 0 Å². The zero-order chi connectivity index (χ0) is 15.1. The smallest absolute Gasteiger partial charge is 0.131 e. The quantitative estimate of drug-likeness (QED) is 0.741. The molecule has 0 fully saturated rings. The Morgan fingerprint density at radius 3 is 2.60 bits per heavy atom. The van der Waals surface area contributed by atoms with E-state index in [1.165, 1.54) is 6.07 Å². The zero-order valence-corrected chi connectivity index (χ0v) is 13.2. The molecule has 4 heteroatoms. The molecule has 0 bridgehead atoms. The summed E-state index contributed by atoms with van der Waals surface area (Å²) in [5.41, 5.74) is 0.604. The molecule has 0 aliphatic carbocycles. The van der Waals surface area contributed by atoms with Crippen molar-refractivity contribution < 1.29 is 9.13 Å². The molecule has 20 heavy (non-hydrogen) atoms. The maximum atomic E-state index is 13.9. The molecule has 3 nitrogen and oxygen atoms in total. The first-order valence-corrected chi connectivity index (χ1v) is 7.23. The average molecular weight is 282 g/mol. The summed E-state index contributed by atoms with van der Waals surface area (Å²) in [6, 6.07) is 5.43. The Hall–Kier alpha value is -1.13. The molecule has 0 saturated heterocycles. The Bertz CT molecular complexity index is 409. The number of benzene rings is 1. The Morgan fingerprint density at radius 2 is 2.00 bits per heavy atom. The minimum absolute atomic E-state index is 0.0597. The number of nitrogens with one attached hydrogen (secondary N) is 1. The maximum absolute atomic E-state index is 13.9. The molecule has 0 aliphatic rings. The molecule has 0 amide bonds. The van der Waals surface area contributed by atoms with Crippen LogP contribution in [0.15, 0.2) is 18.2 Å². The highest BCUT2D eigenvalue weighted by Crippen LogP contribution is 2.27. The van der Waals surface area contributed by atoms with Gasteiger partial charge in [-0.1, -0.05) is 6.07 Å². The van der Waals surface area contributed by atoms with Gasteiger partial charge in [0.1, 0.15) is 11.6 Å². The van der Waals surface area contributed by atoms with Gasteiger partial charge < -0.3 is 15.0 Å². The van der Waals surface area contributed by atoms with Crippen LogP contribution in [0.3, 0.4) is 0 Å². The molecule has 1 rings (SSSR count). The molecule has 0 aromatic heterocycles. The largest absolute Gasteiger partial charge is 0.496 e. The third-order valence-electron chi connectivity index (χ3n) is 3.69. The topological polar surface area (TPSA) is 24.5 Å². The van der Waals surface area contributed by atoms with Gasteiger partial charge in [0, 0.05) is 17.6 Å². The highest BCUT2D eigenvalue weighted by molar-refractivity contribution is 5.36. The summed E-state index contributed by atoms with van der Waals surface area (Å²) >= 11 is 0.